The molecule has 1 atom stereocenters. The molecule has 0 fully saturated rings. The van der Waals surface area contributed by atoms with E-state index in [4.69, 9.17) is 0 Å². The molecule has 0 heterocycles. The van der Waals surface area contributed by atoms with E-state index in [0.717, 1.165) is 48.9 Å². The Morgan fingerprint density at radius 2 is 1.74 bits per heavy atom. The van der Waals surface area contributed by atoms with Crippen LogP contribution in [0.25, 0.3) is 0 Å². The van der Waals surface area contributed by atoms with Gasteiger partial charge in [-0.3, -0.25) is 4.31 Å². The average Bonchev–Trinajstić information content (AvgIpc) is 2.65. The van der Waals surface area contributed by atoms with Crippen LogP contribution < -0.4 is 0 Å². The van der Waals surface area contributed by atoms with Gasteiger partial charge in [-0.2, -0.15) is 0 Å². The Hall–Kier alpha value is -1.55. The highest BCUT2D eigenvalue weighted by atomic mass is 32.2. The van der Waals surface area contributed by atoms with Crippen LogP contribution in [0, 0.1) is 0 Å². The topological polar surface area (TPSA) is 37.4 Å². The van der Waals surface area contributed by atoms with Gasteiger partial charge in [0.05, 0.1) is 17.5 Å². The minimum absolute atomic E-state index is 0.379. The highest BCUT2D eigenvalue weighted by Gasteiger charge is 2.30. The molecule has 0 radical (unpaired) electrons. The first-order chi connectivity index (χ1) is 12.9. The van der Waals surface area contributed by atoms with Gasteiger partial charge in [0, 0.05) is 0 Å². The fourth-order valence-electron chi connectivity index (χ4n) is 3.15. The molecular formula is C23H37NO2S. The lowest BCUT2D eigenvalue weighted by Crippen LogP contribution is -2.37. The van der Waals surface area contributed by atoms with Crippen LogP contribution in [0.5, 0.6) is 0 Å². The van der Waals surface area contributed by atoms with Gasteiger partial charge in [0.1, 0.15) is 0 Å². The third kappa shape index (κ3) is 7.17. The van der Waals surface area contributed by atoms with Gasteiger partial charge in [-0.25, -0.2) is 8.42 Å². The van der Waals surface area contributed by atoms with Crippen LogP contribution in [0.1, 0.15) is 78.7 Å². The first-order valence-electron chi connectivity index (χ1n) is 10.3. The maximum absolute atomic E-state index is 13.5. The molecule has 0 amide bonds. The Morgan fingerprint density at radius 1 is 1.07 bits per heavy atom. The van der Waals surface area contributed by atoms with Gasteiger partial charge in [0.15, 0.2) is 0 Å². The van der Waals surface area contributed by atoms with E-state index in [0.29, 0.717) is 13.0 Å². The smallest absolute Gasteiger partial charge is 0.238 e. The van der Waals surface area contributed by atoms with E-state index in [1.54, 1.807) is 4.31 Å². The molecule has 0 saturated carbocycles. The molecule has 0 aliphatic heterocycles. The predicted octanol–water partition coefficient (Wildman–Crippen LogP) is 6.44. The Labute approximate surface area is 167 Å². The fourth-order valence-corrected chi connectivity index (χ4v) is 4.94. The van der Waals surface area contributed by atoms with Crippen LogP contribution in [-0.2, 0) is 16.6 Å². The van der Waals surface area contributed by atoms with Crippen molar-refractivity contribution in [2.45, 2.75) is 84.9 Å². The molecule has 1 rings (SSSR count). The van der Waals surface area contributed by atoms with Gasteiger partial charge in [0.2, 0.25) is 10.0 Å². The second-order valence-corrected chi connectivity index (χ2v) is 9.44. The Kier molecular flexibility index (Phi) is 10.5. The standard InChI is InChI=1S/C23H37NO2S/c1-6-9-11-18-23(20(4)14-7-2)24(19-22-16-12-10-13-17-22)27(25,26)21(5)15-8-3/h10,12-14,16-18,21H,6-9,11,15,19H2,1-5H3. The molecule has 0 aliphatic carbocycles. The summed E-state index contributed by atoms with van der Waals surface area (Å²) in [6.45, 7) is 10.5. The summed E-state index contributed by atoms with van der Waals surface area (Å²) in [6.07, 6.45) is 9.71. The molecule has 0 N–H and O–H groups in total. The lowest BCUT2D eigenvalue weighted by molar-refractivity contribution is 0.460. The fraction of sp³-hybridized carbons (Fsp3) is 0.565. The van der Waals surface area contributed by atoms with Crippen molar-refractivity contribution in [3.63, 3.8) is 0 Å². The second kappa shape index (κ2) is 12.0. The van der Waals surface area contributed by atoms with Crippen LogP contribution in [0.4, 0.5) is 0 Å². The van der Waals surface area contributed by atoms with E-state index in [9.17, 15) is 8.42 Å². The lowest BCUT2D eigenvalue weighted by Gasteiger charge is -2.31. The molecule has 1 aromatic carbocycles. The molecule has 27 heavy (non-hydrogen) atoms. The van der Waals surface area contributed by atoms with E-state index in [1.807, 2.05) is 51.1 Å². The third-order valence-electron chi connectivity index (χ3n) is 4.76. The quantitative estimate of drug-likeness (QED) is 0.304. The SMILES string of the molecule is CCC=C(C)C(=CCCCC)N(Cc1ccccc1)S(=O)(=O)C(C)CCC. The molecule has 0 spiro atoms. The highest BCUT2D eigenvalue weighted by molar-refractivity contribution is 7.89. The Bertz CT molecular complexity index is 705. The van der Waals surface area contributed by atoms with Gasteiger partial charge in [-0.05, 0) is 50.7 Å². The average molecular weight is 392 g/mol. The molecule has 4 heteroatoms. The normalized spacial score (nSPS) is 14.3. The van der Waals surface area contributed by atoms with Crippen molar-refractivity contribution in [1.29, 1.82) is 0 Å². The highest BCUT2D eigenvalue weighted by Crippen LogP contribution is 2.27. The van der Waals surface area contributed by atoms with E-state index < -0.39 is 15.3 Å². The number of nitrogens with zero attached hydrogens (tertiary/aromatic N) is 1. The lowest BCUT2D eigenvalue weighted by atomic mass is 10.1. The van der Waals surface area contributed by atoms with Gasteiger partial charge >= 0.3 is 0 Å². The Morgan fingerprint density at radius 3 is 2.30 bits per heavy atom. The molecule has 0 saturated heterocycles. The molecule has 3 nitrogen and oxygen atoms in total. The third-order valence-corrected chi connectivity index (χ3v) is 6.95. The predicted molar refractivity (Wildman–Crippen MR) is 117 cm³/mol. The number of sulfonamides is 1. The zero-order chi connectivity index (χ0) is 20.3. The molecule has 1 unspecified atom stereocenters. The zero-order valence-electron chi connectivity index (χ0n) is 17.7. The summed E-state index contributed by atoms with van der Waals surface area (Å²) >= 11 is 0. The number of hydrogen-bond acceptors (Lipinski definition) is 2. The van der Waals surface area contributed by atoms with Gasteiger partial charge in [-0.1, -0.05) is 76.1 Å². The Balaban J connectivity index is 3.41. The molecule has 0 aromatic heterocycles. The molecule has 0 bridgehead atoms. The van der Waals surface area contributed by atoms with Crippen LogP contribution in [0.3, 0.4) is 0 Å². The molecule has 0 aliphatic rings. The summed E-state index contributed by atoms with van der Waals surface area (Å²) in [6, 6.07) is 9.88. The van der Waals surface area contributed by atoms with Crippen molar-refractivity contribution in [2.24, 2.45) is 0 Å². The second-order valence-electron chi connectivity index (χ2n) is 7.16. The number of benzene rings is 1. The molecule has 1 aromatic rings. The summed E-state index contributed by atoms with van der Waals surface area (Å²) in [4.78, 5) is 0. The maximum Gasteiger partial charge on any atom is 0.238 e. The minimum Gasteiger partial charge on any atom is -0.266 e. The summed E-state index contributed by atoms with van der Waals surface area (Å²) in [5, 5.41) is -0.393. The number of allylic oxidation sites excluding steroid dienone is 3. The number of rotatable bonds is 12. The minimum atomic E-state index is -3.44. The van der Waals surface area contributed by atoms with Crippen LogP contribution in [-0.4, -0.2) is 18.0 Å². The van der Waals surface area contributed by atoms with E-state index in [-0.39, 0.29) is 0 Å². The largest absolute Gasteiger partial charge is 0.266 e. The summed E-state index contributed by atoms with van der Waals surface area (Å²) < 4.78 is 28.6. The number of hydrogen-bond donors (Lipinski definition) is 0. The number of unbranched alkanes of at least 4 members (excludes halogenated alkanes) is 2. The maximum atomic E-state index is 13.5. The van der Waals surface area contributed by atoms with Crippen molar-refractivity contribution in [3.05, 3.63) is 59.3 Å². The summed E-state index contributed by atoms with van der Waals surface area (Å²) in [5.41, 5.74) is 2.89. The molecular weight excluding hydrogens is 354 g/mol. The monoisotopic (exact) mass is 391 g/mol. The van der Waals surface area contributed by atoms with Crippen molar-refractivity contribution in [3.8, 4) is 0 Å². The van der Waals surface area contributed by atoms with Crippen LogP contribution in [0.2, 0.25) is 0 Å². The van der Waals surface area contributed by atoms with Crippen LogP contribution >= 0.6 is 0 Å². The van der Waals surface area contributed by atoms with E-state index in [1.165, 1.54) is 0 Å². The first-order valence-corrected chi connectivity index (χ1v) is 11.8. The van der Waals surface area contributed by atoms with Crippen LogP contribution in [0.15, 0.2) is 53.8 Å². The summed E-state index contributed by atoms with van der Waals surface area (Å²) in [5.74, 6) is 0. The van der Waals surface area contributed by atoms with Crippen molar-refractivity contribution < 1.29 is 8.42 Å². The van der Waals surface area contributed by atoms with Gasteiger partial charge in [0.25, 0.3) is 0 Å². The van der Waals surface area contributed by atoms with E-state index in [2.05, 4.69) is 26.0 Å². The summed E-state index contributed by atoms with van der Waals surface area (Å²) in [7, 11) is -3.44. The molecule has 152 valence electrons. The van der Waals surface area contributed by atoms with Gasteiger partial charge in [-0.15, -0.1) is 0 Å². The van der Waals surface area contributed by atoms with Crippen molar-refractivity contribution in [2.75, 3.05) is 0 Å². The first kappa shape index (κ1) is 23.5. The van der Waals surface area contributed by atoms with Gasteiger partial charge < -0.3 is 0 Å². The zero-order valence-corrected chi connectivity index (χ0v) is 18.6. The van der Waals surface area contributed by atoms with Crippen molar-refractivity contribution >= 4 is 10.0 Å². The van der Waals surface area contributed by atoms with E-state index >= 15 is 0 Å². The van der Waals surface area contributed by atoms with Crippen molar-refractivity contribution in [1.82, 2.24) is 4.31 Å².